The summed E-state index contributed by atoms with van der Waals surface area (Å²) in [6, 6.07) is -2.63. The molecule has 1 unspecified atom stereocenters. The first kappa shape index (κ1) is 17.2. The van der Waals surface area contributed by atoms with E-state index in [1.807, 2.05) is 13.8 Å². The van der Waals surface area contributed by atoms with Gasteiger partial charge < -0.3 is 21.5 Å². The van der Waals surface area contributed by atoms with E-state index in [-0.39, 0.29) is 11.8 Å². The number of carboxylic acid groups (broad SMARTS) is 1. The number of primary amides is 1. The molecule has 0 aromatic heterocycles. The fourth-order valence-corrected chi connectivity index (χ4v) is 1.64. The largest absolute Gasteiger partial charge is 0.480 e. The number of hydrogen-bond donors (Lipinski definition) is 4. The van der Waals surface area contributed by atoms with E-state index in [2.05, 4.69) is 10.6 Å². The van der Waals surface area contributed by atoms with E-state index < -0.39 is 30.0 Å². The number of carboxylic acids is 1. The van der Waals surface area contributed by atoms with Crippen molar-refractivity contribution in [1.29, 1.82) is 0 Å². The highest BCUT2D eigenvalue weighted by Gasteiger charge is 2.28. The number of nitrogens with one attached hydrogen (secondary N) is 2. The number of carbonyl (C=O) groups excluding carboxylic acids is 2. The molecule has 3 amide bonds. The van der Waals surface area contributed by atoms with E-state index in [0.717, 1.165) is 0 Å². The van der Waals surface area contributed by atoms with Gasteiger partial charge in [0.05, 0.1) is 0 Å². The summed E-state index contributed by atoms with van der Waals surface area (Å²) in [7, 11) is 0. The van der Waals surface area contributed by atoms with Gasteiger partial charge in [-0.1, -0.05) is 27.7 Å². The molecule has 0 spiro atoms. The number of aliphatic carboxylic acids is 1. The smallest absolute Gasteiger partial charge is 0.326 e. The SMILES string of the molecule is CC(C)C[C@@H](NC(=O)C(NC(N)=O)C(C)C)C(=O)O. The summed E-state index contributed by atoms with van der Waals surface area (Å²) in [6.45, 7) is 7.20. The van der Waals surface area contributed by atoms with Crippen LogP contribution in [0.1, 0.15) is 34.1 Å². The first-order chi connectivity index (χ1) is 8.65. The summed E-state index contributed by atoms with van der Waals surface area (Å²) in [4.78, 5) is 33.9. The zero-order valence-corrected chi connectivity index (χ0v) is 11.8. The molecule has 0 rings (SSSR count). The van der Waals surface area contributed by atoms with Crippen LogP contribution in [0.4, 0.5) is 4.79 Å². The van der Waals surface area contributed by atoms with Crippen LogP contribution in [0.3, 0.4) is 0 Å². The van der Waals surface area contributed by atoms with Crippen LogP contribution in [0.2, 0.25) is 0 Å². The lowest BCUT2D eigenvalue weighted by atomic mass is 10.0. The van der Waals surface area contributed by atoms with E-state index in [1.54, 1.807) is 13.8 Å². The Hall–Kier alpha value is -1.79. The Morgan fingerprint density at radius 3 is 1.95 bits per heavy atom. The molecule has 2 atom stereocenters. The van der Waals surface area contributed by atoms with Crippen LogP contribution >= 0.6 is 0 Å². The van der Waals surface area contributed by atoms with Crippen LogP contribution in [0, 0.1) is 11.8 Å². The van der Waals surface area contributed by atoms with Crippen molar-refractivity contribution in [3.8, 4) is 0 Å². The molecule has 0 aliphatic carbocycles. The molecule has 7 heteroatoms. The average molecular weight is 273 g/mol. The molecule has 0 saturated carbocycles. The molecule has 19 heavy (non-hydrogen) atoms. The molecule has 0 bridgehead atoms. The zero-order valence-electron chi connectivity index (χ0n) is 11.8. The minimum Gasteiger partial charge on any atom is -0.480 e. The van der Waals surface area contributed by atoms with Crippen molar-refractivity contribution in [1.82, 2.24) is 10.6 Å². The highest BCUT2D eigenvalue weighted by atomic mass is 16.4. The molecule has 0 aliphatic rings. The zero-order chi connectivity index (χ0) is 15.2. The van der Waals surface area contributed by atoms with Gasteiger partial charge in [0.2, 0.25) is 5.91 Å². The van der Waals surface area contributed by atoms with E-state index >= 15 is 0 Å². The molecule has 0 saturated heterocycles. The predicted octanol–water partition coefficient (Wildman–Crippen LogP) is 0.295. The maximum absolute atomic E-state index is 12.0. The predicted molar refractivity (Wildman–Crippen MR) is 70.4 cm³/mol. The second-order valence-corrected chi connectivity index (χ2v) is 5.26. The standard InChI is InChI=1S/C12H23N3O4/c1-6(2)5-8(11(17)18)14-10(16)9(7(3)4)15-12(13)19/h6-9H,5H2,1-4H3,(H,14,16)(H,17,18)(H3,13,15,19)/t8-,9?/m1/s1. The van der Waals surface area contributed by atoms with Gasteiger partial charge in [0.15, 0.2) is 0 Å². The van der Waals surface area contributed by atoms with Gasteiger partial charge in [-0.05, 0) is 18.3 Å². The maximum atomic E-state index is 12.0. The van der Waals surface area contributed by atoms with Crippen LogP contribution in [0.5, 0.6) is 0 Å². The molecule has 0 fully saturated rings. The third-order valence-corrected chi connectivity index (χ3v) is 2.57. The normalized spacial score (nSPS) is 14.0. The van der Waals surface area contributed by atoms with Crippen LogP contribution in [-0.2, 0) is 9.59 Å². The lowest BCUT2D eigenvalue weighted by Gasteiger charge is -2.23. The summed E-state index contributed by atoms with van der Waals surface area (Å²) in [5, 5.41) is 13.8. The first-order valence-corrected chi connectivity index (χ1v) is 6.24. The number of carbonyl (C=O) groups is 3. The first-order valence-electron chi connectivity index (χ1n) is 6.24. The number of amides is 3. The number of urea groups is 1. The van der Waals surface area contributed by atoms with Crippen molar-refractivity contribution < 1.29 is 19.5 Å². The molecule has 5 N–H and O–H groups in total. The summed E-state index contributed by atoms with van der Waals surface area (Å²) in [5.41, 5.74) is 4.99. The van der Waals surface area contributed by atoms with Gasteiger partial charge in [0, 0.05) is 0 Å². The van der Waals surface area contributed by atoms with Crippen molar-refractivity contribution in [2.75, 3.05) is 0 Å². The van der Waals surface area contributed by atoms with Gasteiger partial charge in [-0.2, -0.15) is 0 Å². The van der Waals surface area contributed by atoms with Crippen molar-refractivity contribution in [2.24, 2.45) is 17.6 Å². The Kier molecular flexibility index (Phi) is 6.89. The highest BCUT2D eigenvalue weighted by Crippen LogP contribution is 2.07. The Balaban J connectivity index is 4.75. The monoisotopic (exact) mass is 273 g/mol. The molecular weight excluding hydrogens is 250 g/mol. The Bertz CT molecular complexity index is 342. The van der Waals surface area contributed by atoms with Gasteiger partial charge in [-0.15, -0.1) is 0 Å². The van der Waals surface area contributed by atoms with E-state index in [4.69, 9.17) is 10.8 Å². The number of rotatable bonds is 7. The van der Waals surface area contributed by atoms with Crippen LogP contribution < -0.4 is 16.4 Å². The van der Waals surface area contributed by atoms with Gasteiger partial charge in [0.25, 0.3) is 0 Å². The average Bonchev–Trinajstić information content (AvgIpc) is 2.23. The Morgan fingerprint density at radius 2 is 1.63 bits per heavy atom. The number of nitrogens with two attached hydrogens (primary N) is 1. The second kappa shape index (κ2) is 7.60. The molecular formula is C12H23N3O4. The minimum atomic E-state index is -1.09. The van der Waals surface area contributed by atoms with E-state index in [0.29, 0.717) is 6.42 Å². The Morgan fingerprint density at radius 1 is 1.11 bits per heavy atom. The third-order valence-electron chi connectivity index (χ3n) is 2.57. The molecule has 0 aromatic rings. The van der Waals surface area contributed by atoms with Crippen LogP contribution in [0.25, 0.3) is 0 Å². The fourth-order valence-electron chi connectivity index (χ4n) is 1.64. The van der Waals surface area contributed by atoms with Gasteiger partial charge in [0.1, 0.15) is 12.1 Å². The molecule has 0 heterocycles. The molecule has 0 aromatic carbocycles. The lowest BCUT2D eigenvalue weighted by Crippen LogP contribution is -2.54. The summed E-state index contributed by atoms with van der Waals surface area (Å²) in [5.74, 6) is -1.70. The fraction of sp³-hybridized carbons (Fsp3) is 0.750. The van der Waals surface area contributed by atoms with Gasteiger partial charge in [-0.25, -0.2) is 9.59 Å². The quantitative estimate of drug-likeness (QED) is 0.532. The highest BCUT2D eigenvalue weighted by molar-refractivity contribution is 5.89. The molecule has 7 nitrogen and oxygen atoms in total. The van der Waals surface area contributed by atoms with Crippen molar-refractivity contribution >= 4 is 17.9 Å². The van der Waals surface area contributed by atoms with E-state index in [1.165, 1.54) is 0 Å². The van der Waals surface area contributed by atoms with Crippen molar-refractivity contribution in [2.45, 2.75) is 46.2 Å². The summed E-state index contributed by atoms with van der Waals surface area (Å²) in [6.07, 6.45) is 0.322. The second-order valence-electron chi connectivity index (χ2n) is 5.26. The third kappa shape index (κ3) is 6.64. The van der Waals surface area contributed by atoms with Crippen LogP contribution in [0.15, 0.2) is 0 Å². The maximum Gasteiger partial charge on any atom is 0.326 e. The molecule has 0 aliphatic heterocycles. The topological polar surface area (TPSA) is 122 Å². The molecule has 110 valence electrons. The van der Waals surface area contributed by atoms with Gasteiger partial charge in [-0.3, -0.25) is 4.79 Å². The van der Waals surface area contributed by atoms with Crippen molar-refractivity contribution in [3.05, 3.63) is 0 Å². The lowest BCUT2D eigenvalue weighted by molar-refractivity contribution is -0.142. The number of hydrogen-bond acceptors (Lipinski definition) is 3. The minimum absolute atomic E-state index is 0.128. The van der Waals surface area contributed by atoms with Crippen molar-refractivity contribution in [3.63, 3.8) is 0 Å². The van der Waals surface area contributed by atoms with Crippen LogP contribution in [-0.4, -0.2) is 35.1 Å². The van der Waals surface area contributed by atoms with E-state index in [9.17, 15) is 14.4 Å². The van der Waals surface area contributed by atoms with Gasteiger partial charge >= 0.3 is 12.0 Å². The molecule has 0 radical (unpaired) electrons. The summed E-state index contributed by atoms with van der Waals surface area (Å²) < 4.78 is 0. The Labute approximate surface area is 112 Å². The summed E-state index contributed by atoms with van der Waals surface area (Å²) >= 11 is 0.